The Morgan fingerprint density at radius 3 is 2.95 bits per heavy atom. The van der Waals surface area contributed by atoms with E-state index in [0.29, 0.717) is 24.6 Å². The number of likely N-dealkylation sites (tertiary alicyclic amines) is 1. The quantitative estimate of drug-likeness (QED) is 0.879. The van der Waals surface area contributed by atoms with E-state index in [1.54, 1.807) is 7.11 Å². The number of carbonyl (C=O) groups excluding carboxylic acids is 1. The third-order valence-electron chi connectivity index (χ3n) is 3.81. The van der Waals surface area contributed by atoms with Crippen molar-refractivity contribution in [3.63, 3.8) is 0 Å². The molecular formula is C15H20BrClN2O2. The molecule has 1 fully saturated rings. The number of hydrogen-bond donors (Lipinski definition) is 1. The molecule has 1 aromatic carbocycles. The van der Waals surface area contributed by atoms with Crippen LogP contribution >= 0.6 is 27.5 Å². The Kier molecular flexibility index (Phi) is 6.05. The molecule has 0 saturated carbocycles. The van der Waals surface area contributed by atoms with Crippen molar-refractivity contribution in [1.29, 1.82) is 0 Å². The molecule has 6 heteroatoms. The maximum Gasteiger partial charge on any atom is 0.223 e. The fraction of sp³-hybridized carbons (Fsp3) is 0.533. The maximum absolute atomic E-state index is 12.4. The standard InChI is InChI=1S/C15H20BrClN2O2/c1-21-8-7-19-14(20)4-2-3-13(18)15(19)10-5-6-11(16)12(17)9-10/h5-6,9,13,15H,2-4,7-8,18H2,1H3. The SMILES string of the molecule is COCCN1C(=O)CCCC(N)C1c1ccc(Br)c(Cl)c1. The van der Waals surface area contributed by atoms with E-state index in [2.05, 4.69) is 15.9 Å². The molecule has 2 unspecified atom stereocenters. The van der Waals surface area contributed by atoms with Gasteiger partial charge in [-0.1, -0.05) is 17.7 Å². The molecule has 0 bridgehead atoms. The largest absolute Gasteiger partial charge is 0.383 e. The summed E-state index contributed by atoms with van der Waals surface area (Å²) in [7, 11) is 1.63. The van der Waals surface area contributed by atoms with Gasteiger partial charge in [-0.05, 0) is 46.5 Å². The van der Waals surface area contributed by atoms with Crippen LogP contribution in [0.2, 0.25) is 5.02 Å². The summed E-state index contributed by atoms with van der Waals surface area (Å²) < 4.78 is 5.97. The number of nitrogens with zero attached hydrogens (tertiary/aromatic N) is 1. The Balaban J connectivity index is 2.36. The summed E-state index contributed by atoms with van der Waals surface area (Å²) in [5.41, 5.74) is 7.31. The van der Waals surface area contributed by atoms with Crippen LogP contribution in [0.5, 0.6) is 0 Å². The lowest BCUT2D eigenvalue weighted by Crippen LogP contribution is -2.43. The smallest absolute Gasteiger partial charge is 0.223 e. The average Bonchev–Trinajstić information content (AvgIpc) is 2.59. The van der Waals surface area contributed by atoms with E-state index < -0.39 is 0 Å². The minimum atomic E-state index is -0.152. The van der Waals surface area contributed by atoms with Crippen LogP contribution in [0, 0.1) is 0 Å². The minimum Gasteiger partial charge on any atom is -0.383 e. The van der Waals surface area contributed by atoms with Gasteiger partial charge in [-0.25, -0.2) is 0 Å². The topological polar surface area (TPSA) is 55.6 Å². The number of nitrogens with two attached hydrogens (primary N) is 1. The van der Waals surface area contributed by atoms with Crippen molar-refractivity contribution in [1.82, 2.24) is 4.90 Å². The van der Waals surface area contributed by atoms with Crippen molar-refractivity contribution in [2.45, 2.75) is 31.3 Å². The molecule has 1 amide bonds. The zero-order valence-electron chi connectivity index (χ0n) is 12.0. The number of methoxy groups -OCH3 is 1. The highest BCUT2D eigenvalue weighted by atomic mass is 79.9. The van der Waals surface area contributed by atoms with Gasteiger partial charge >= 0.3 is 0 Å². The second-order valence-electron chi connectivity index (χ2n) is 5.25. The fourth-order valence-electron chi connectivity index (χ4n) is 2.75. The molecule has 2 N–H and O–H groups in total. The zero-order chi connectivity index (χ0) is 15.4. The Hall–Kier alpha value is -0.620. The number of halogens is 2. The molecule has 0 aliphatic carbocycles. The first kappa shape index (κ1) is 16.7. The third-order valence-corrected chi connectivity index (χ3v) is 5.04. The Morgan fingerprint density at radius 2 is 2.29 bits per heavy atom. The van der Waals surface area contributed by atoms with E-state index in [1.807, 2.05) is 23.1 Å². The van der Waals surface area contributed by atoms with Crippen molar-refractivity contribution in [3.05, 3.63) is 33.3 Å². The molecule has 0 spiro atoms. The van der Waals surface area contributed by atoms with E-state index in [0.717, 1.165) is 22.9 Å². The monoisotopic (exact) mass is 374 g/mol. The molecule has 0 radical (unpaired) electrons. The van der Waals surface area contributed by atoms with Crippen molar-refractivity contribution in [2.24, 2.45) is 5.73 Å². The predicted octanol–water partition coefficient (Wildman–Crippen LogP) is 3.13. The normalized spacial score (nSPS) is 23.2. The molecule has 4 nitrogen and oxygen atoms in total. The number of benzene rings is 1. The van der Waals surface area contributed by atoms with Crippen molar-refractivity contribution >= 4 is 33.4 Å². The van der Waals surface area contributed by atoms with E-state index in [-0.39, 0.29) is 18.0 Å². The maximum atomic E-state index is 12.4. The van der Waals surface area contributed by atoms with Gasteiger partial charge in [0.1, 0.15) is 0 Å². The molecule has 116 valence electrons. The minimum absolute atomic E-state index is 0.0921. The lowest BCUT2D eigenvalue weighted by molar-refractivity contribution is -0.134. The molecule has 0 aromatic heterocycles. The van der Waals surface area contributed by atoms with Gasteiger partial charge in [0.2, 0.25) is 5.91 Å². The van der Waals surface area contributed by atoms with Crippen molar-refractivity contribution in [3.8, 4) is 0 Å². The molecular weight excluding hydrogens is 356 g/mol. The van der Waals surface area contributed by atoms with E-state index in [4.69, 9.17) is 22.1 Å². The number of ether oxygens (including phenoxy) is 1. The van der Waals surface area contributed by atoms with Crippen LogP contribution in [0.3, 0.4) is 0 Å². The Morgan fingerprint density at radius 1 is 1.52 bits per heavy atom. The highest BCUT2D eigenvalue weighted by Crippen LogP contribution is 2.33. The number of amides is 1. The predicted molar refractivity (Wildman–Crippen MR) is 87.3 cm³/mol. The molecule has 1 saturated heterocycles. The van der Waals surface area contributed by atoms with Gasteiger partial charge < -0.3 is 15.4 Å². The highest BCUT2D eigenvalue weighted by molar-refractivity contribution is 9.10. The lowest BCUT2D eigenvalue weighted by atomic mass is 9.96. The first-order chi connectivity index (χ1) is 10.0. The fourth-order valence-corrected chi connectivity index (χ4v) is 3.19. The lowest BCUT2D eigenvalue weighted by Gasteiger charge is -2.34. The van der Waals surface area contributed by atoms with Gasteiger partial charge in [-0.2, -0.15) is 0 Å². The van der Waals surface area contributed by atoms with Crippen LogP contribution in [-0.2, 0) is 9.53 Å². The van der Waals surface area contributed by atoms with Crippen LogP contribution in [0.1, 0.15) is 30.9 Å². The van der Waals surface area contributed by atoms with Gasteiger partial charge in [0.25, 0.3) is 0 Å². The van der Waals surface area contributed by atoms with Gasteiger partial charge in [0, 0.05) is 30.6 Å². The van der Waals surface area contributed by atoms with E-state index in [1.165, 1.54) is 0 Å². The molecule has 2 rings (SSSR count). The van der Waals surface area contributed by atoms with Gasteiger partial charge in [-0.15, -0.1) is 0 Å². The molecule has 2 atom stereocenters. The number of rotatable bonds is 4. The van der Waals surface area contributed by atoms with Gasteiger partial charge in [0.05, 0.1) is 17.7 Å². The van der Waals surface area contributed by atoms with E-state index in [9.17, 15) is 4.79 Å². The van der Waals surface area contributed by atoms with Crippen LogP contribution < -0.4 is 5.73 Å². The highest BCUT2D eigenvalue weighted by Gasteiger charge is 2.32. The summed E-state index contributed by atoms with van der Waals surface area (Å²) in [6.45, 7) is 1.04. The first-order valence-electron chi connectivity index (χ1n) is 7.03. The Bertz CT molecular complexity index is 512. The van der Waals surface area contributed by atoms with Crippen LogP contribution in [0.25, 0.3) is 0 Å². The van der Waals surface area contributed by atoms with Crippen LogP contribution in [-0.4, -0.2) is 37.1 Å². The summed E-state index contributed by atoms with van der Waals surface area (Å²) in [4.78, 5) is 14.2. The van der Waals surface area contributed by atoms with E-state index >= 15 is 0 Å². The first-order valence-corrected chi connectivity index (χ1v) is 8.20. The van der Waals surface area contributed by atoms with Crippen molar-refractivity contribution in [2.75, 3.05) is 20.3 Å². The molecule has 1 heterocycles. The summed E-state index contributed by atoms with van der Waals surface area (Å²) in [6, 6.07) is 5.51. The third kappa shape index (κ3) is 3.97. The van der Waals surface area contributed by atoms with Crippen LogP contribution in [0.15, 0.2) is 22.7 Å². The number of carbonyl (C=O) groups is 1. The second kappa shape index (κ2) is 7.58. The molecule has 1 aliphatic heterocycles. The molecule has 1 aliphatic rings. The summed E-state index contributed by atoms with van der Waals surface area (Å²) in [5, 5.41) is 0.628. The van der Waals surface area contributed by atoms with Crippen LogP contribution in [0.4, 0.5) is 0 Å². The molecule has 1 aromatic rings. The van der Waals surface area contributed by atoms with Crippen molar-refractivity contribution < 1.29 is 9.53 Å². The summed E-state index contributed by atoms with van der Waals surface area (Å²) in [6.07, 6.45) is 2.19. The van der Waals surface area contributed by atoms with Gasteiger partial charge in [0.15, 0.2) is 0 Å². The summed E-state index contributed by atoms with van der Waals surface area (Å²) in [5.74, 6) is 0.129. The average molecular weight is 376 g/mol. The number of hydrogen-bond acceptors (Lipinski definition) is 3. The second-order valence-corrected chi connectivity index (χ2v) is 6.52. The van der Waals surface area contributed by atoms with Gasteiger partial charge in [-0.3, -0.25) is 4.79 Å². The zero-order valence-corrected chi connectivity index (χ0v) is 14.4. The molecule has 21 heavy (non-hydrogen) atoms. The summed E-state index contributed by atoms with van der Waals surface area (Å²) >= 11 is 9.58. The Labute approximate surface area is 138 Å².